The summed E-state index contributed by atoms with van der Waals surface area (Å²) in [7, 11) is 8.20. The first-order chi connectivity index (χ1) is 28.3. The van der Waals surface area contributed by atoms with Crippen LogP contribution in [0.5, 0.6) is 0 Å². The number of nitrogens with zero attached hydrogens (tertiary/aromatic N) is 4. The fourth-order valence-corrected chi connectivity index (χ4v) is 14.8. The molecule has 0 N–H and O–H groups in total. The van der Waals surface area contributed by atoms with Gasteiger partial charge in [-0.25, -0.2) is 9.13 Å². The average Bonchev–Trinajstić information content (AvgIpc) is 3.59. The van der Waals surface area contributed by atoms with Crippen LogP contribution in [0.4, 0.5) is 11.4 Å². The zero-order valence-electron chi connectivity index (χ0n) is 39.2. The number of carbonyl (C=O) groups excluding carboxylic acids is 2. The third-order valence-electron chi connectivity index (χ3n) is 18.3. The summed E-state index contributed by atoms with van der Waals surface area (Å²) in [6, 6.07) is 8.47. The van der Waals surface area contributed by atoms with E-state index in [2.05, 4.69) is 144 Å². The van der Waals surface area contributed by atoms with Crippen LogP contribution in [-0.4, -0.2) is 52.8 Å². The molecule has 8 heteroatoms. The van der Waals surface area contributed by atoms with Crippen LogP contribution < -0.4 is 18.9 Å². The Labute approximate surface area is 363 Å². The quantitative estimate of drug-likeness (QED) is 0.107. The molecule has 0 amide bonds. The Hall–Kier alpha value is -3.42. The number of pyridine rings is 2. The summed E-state index contributed by atoms with van der Waals surface area (Å²) in [6.45, 7) is 21.9. The summed E-state index contributed by atoms with van der Waals surface area (Å²) < 4.78 is 17.1. The zero-order chi connectivity index (χ0) is 43.3. The molecule has 0 spiro atoms. The molecule has 8 nitrogen and oxygen atoms in total. The number of ether oxygens (including phenoxy) is 2. The maximum Gasteiger partial charge on any atom is 0.306 e. The van der Waals surface area contributed by atoms with E-state index in [1.54, 1.807) is 0 Å². The Morgan fingerprint density at radius 3 is 1.85 bits per heavy atom. The van der Waals surface area contributed by atoms with Crippen molar-refractivity contribution in [2.45, 2.75) is 151 Å². The van der Waals surface area contributed by atoms with Crippen LogP contribution in [0.2, 0.25) is 0 Å². The number of anilines is 2. The molecule has 2 aromatic heterocycles. The summed E-state index contributed by atoms with van der Waals surface area (Å²) in [5, 5.41) is 0. The minimum Gasteiger partial charge on any atom is -0.465 e. The Bertz CT molecular complexity index is 1860. The van der Waals surface area contributed by atoms with Crippen molar-refractivity contribution in [3.05, 3.63) is 61.2 Å². The standard InChI is InChI=1S/C52H80N4O4/c1-37(2)40-18-27-52(36-59-45(57)14-12-30-55-32-21-38(22-33-55)53(8)9)29-28-50(6)41(47(40)52)16-17-43-49(5)25-20-44(48(3,4)42(49)19-26-51(43,50)7)60-46(58)15-13-31-56-34-23-39(24-35-56)54(10)11/h21-24,32-35,40-44,47H,1,12-20,25-31,36H2,2-11H3/q+2/t40-,41?,42?,43?,44-,47?,49-,50+,51+,52+/m0/s1. The van der Waals surface area contributed by atoms with E-state index in [0.29, 0.717) is 49.0 Å². The van der Waals surface area contributed by atoms with Gasteiger partial charge in [0.15, 0.2) is 24.8 Å². The van der Waals surface area contributed by atoms with Crippen molar-refractivity contribution >= 4 is 23.3 Å². The second-order valence-corrected chi connectivity index (χ2v) is 22.1. The van der Waals surface area contributed by atoms with E-state index in [4.69, 9.17) is 9.47 Å². The van der Waals surface area contributed by atoms with E-state index in [9.17, 15) is 9.59 Å². The number of aryl methyl sites for hydroxylation is 2. The van der Waals surface area contributed by atoms with Gasteiger partial charge in [0.25, 0.3) is 0 Å². The molecule has 5 aliphatic carbocycles. The van der Waals surface area contributed by atoms with E-state index in [1.807, 2.05) is 0 Å². The Balaban J connectivity index is 0.990. The largest absolute Gasteiger partial charge is 0.465 e. The molecule has 330 valence electrons. The van der Waals surface area contributed by atoms with Gasteiger partial charge >= 0.3 is 11.9 Å². The highest BCUT2D eigenvalue weighted by molar-refractivity contribution is 5.69. The fraction of sp³-hybridized carbons (Fsp3) is 0.731. The van der Waals surface area contributed by atoms with E-state index in [0.717, 1.165) is 51.6 Å². The number of carbonyl (C=O) groups is 2. The first-order valence-electron chi connectivity index (χ1n) is 23.7. The summed E-state index contributed by atoms with van der Waals surface area (Å²) in [5.41, 5.74) is 4.31. The topological polar surface area (TPSA) is 66.8 Å². The van der Waals surface area contributed by atoms with Crippen LogP contribution >= 0.6 is 0 Å². The maximum absolute atomic E-state index is 13.4. The molecule has 5 fully saturated rings. The van der Waals surface area contributed by atoms with Crippen LogP contribution in [0.15, 0.2) is 61.2 Å². The minimum absolute atomic E-state index is 0.0346. The first kappa shape index (κ1) is 44.6. The molecule has 7 rings (SSSR count). The smallest absolute Gasteiger partial charge is 0.306 e. The highest BCUT2D eigenvalue weighted by Gasteiger charge is 2.71. The molecule has 0 aromatic carbocycles. The van der Waals surface area contributed by atoms with Gasteiger partial charge in [-0.15, -0.1) is 0 Å². The predicted molar refractivity (Wildman–Crippen MR) is 240 cm³/mol. The fourth-order valence-electron chi connectivity index (χ4n) is 14.8. The molecule has 0 bridgehead atoms. The third-order valence-corrected chi connectivity index (χ3v) is 18.3. The van der Waals surface area contributed by atoms with Gasteiger partial charge < -0.3 is 19.3 Å². The molecule has 0 aliphatic heterocycles. The van der Waals surface area contributed by atoms with Crippen LogP contribution in [0.25, 0.3) is 0 Å². The van der Waals surface area contributed by atoms with Gasteiger partial charge in [0.05, 0.1) is 19.4 Å². The Morgan fingerprint density at radius 2 is 1.28 bits per heavy atom. The van der Waals surface area contributed by atoms with Gasteiger partial charge in [0, 0.05) is 87.5 Å². The molecule has 2 heterocycles. The summed E-state index contributed by atoms with van der Waals surface area (Å²) in [4.78, 5) is 30.9. The molecule has 10 atom stereocenters. The van der Waals surface area contributed by atoms with Crippen LogP contribution in [0, 0.1) is 56.7 Å². The van der Waals surface area contributed by atoms with Crippen molar-refractivity contribution in [1.82, 2.24) is 0 Å². The van der Waals surface area contributed by atoms with Gasteiger partial charge in [-0.2, -0.15) is 0 Å². The van der Waals surface area contributed by atoms with E-state index in [-0.39, 0.29) is 45.1 Å². The first-order valence-corrected chi connectivity index (χ1v) is 23.7. The van der Waals surface area contributed by atoms with Crippen molar-refractivity contribution < 1.29 is 28.2 Å². The van der Waals surface area contributed by atoms with E-state index in [1.165, 1.54) is 55.5 Å². The van der Waals surface area contributed by atoms with Gasteiger partial charge in [0.2, 0.25) is 0 Å². The lowest BCUT2D eigenvalue weighted by molar-refractivity contribution is -0.697. The molecular weight excluding hydrogens is 745 g/mol. The van der Waals surface area contributed by atoms with Crippen LogP contribution in [0.3, 0.4) is 0 Å². The van der Waals surface area contributed by atoms with E-state index < -0.39 is 0 Å². The summed E-state index contributed by atoms with van der Waals surface area (Å²) in [6.07, 6.45) is 22.5. The number of aromatic nitrogens is 2. The molecule has 2 aromatic rings. The van der Waals surface area contributed by atoms with Crippen molar-refractivity contribution in [2.75, 3.05) is 44.6 Å². The van der Waals surface area contributed by atoms with Crippen molar-refractivity contribution in [3.63, 3.8) is 0 Å². The highest BCUT2D eigenvalue weighted by atomic mass is 16.5. The lowest BCUT2D eigenvalue weighted by atomic mass is 9.32. The second kappa shape index (κ2) is 17.0. The van der Waals surface area contributed by atoms with Crippen molar-refractivity contribution in [3.8, 4) is 0 Å². The number of fused-ring (bicyclic) bond motifs is 7. The molecule has 5 aliphatic rings. The van der Waals surface area contributed by atoms with Gasteiger partial charge in [0.1, 0.15) is 19.2 Å². The number of hydrogen-bond acceptors (Lipinski definition) is 6. The minimum atomic E-state index is -0.0734. The molecule has 4 unspecified atom stereocenters. The number of rotatable bonds is 14. The normalized spacial score (nSPS) is 35.2. The molecular formula is C52H80N4O4+2. The monoisotopic (exact) mass is 825 g/mol. The Morgan fingerprint density at radius 1 is 0.700 bits per heavy atom. The third kappa shape index (κ3) is 8.04. The van der Waals surface area contributed by atoms with Crippen molar-refractivity contribution in [1.29, 1.82) is 0 Å². The maximum atomic E-state index is 13.4. The Kier molecular flexibility index (Phi) is 12.7. The van der Waals surface area contributed by atoms with E-state index >= 15 is 0 Å². The number of esters is 2. The summed E-state index contributed by atoms with van der Waals surface area (Å²) >= 11 is 0. The number of allylic oxidation sites excluding steroid dienone is 1. The van der Waals surface area contributed by atoms with Crippen molar-refractivity contribution in [2.24, 2.45) is 56.7 Å². The SMILES string of the molecule is C=C(C)[C@@H]1CC[C@]2(COC(=O)CCC[n+]3ccc(N(C)C)cc3)CC[C@]3(C)C(CCC4[C@@]5(C)CC[C@H](OC(=O)CCC[n+]6ccc(N(C)C)cc6)C(C)(C)C5CC[C@]43C)C12. The van der Waals surface area contributed by atoms with Crippen LogP contribution in [0.1, 0.15) is 131 Å². The molecule has 5 saturated carbocycles. The van der Waals surface area contributed by atoms with Gasteiger partial charge in [-0.05, 0) is 117 Å². The highest BCUT2D eigenvalue weighted by Crippen LogP contribution is 2.77. The lowest BCUT2D eigenvalue weighted by Gasteiger charge is -2.73. The summed E-state index contributed by atoms with van der Waals surface area (Å²) in [5.74, 6) is 2.69. The average molecular weight is 825 g/mol. The van der Waals surface area contributed by atoms with Crippen LogP contribution in [-0.2, 0) is 32.2 Å². The molecule has 0 radical (unpaired) electrons. The molecule has 0 saturated heterocycles. The number of hydrogen-bond donors (Lipinski definition) is 0. The van der Waals surface area contributed by atoms with Gasteiger partial charge in [-0.3, -0.25) is 9.59 Å². The predicted octanol–water partition coefficient (Wildman–Crippen LogP) is 9.77. The zero-order valence-corrected chi connectivity index (χ0v) is 39.2. The second-order valence-electron chi connectivity index (χ2n) is 22.1. The lowest BCUT2D eigenvalue weighted by Crippen LogP contribution is -2.67. The molecule has 60 heavy (non-hydrogen) atoms. The van der Waals surface area contributed by atoms with Gasteiger partial charge in [-0.1, -0.05) is 46.8 Å².